The third-order valence-electron chi connectivity index (χ3n) is 4.85. The third kappa shape index (κ3) is 7.10. The predicted molar refractivity (Wildman–Crippen MR) is 128 cm³/mol. The second-order valence-corrected chi connectivity index (χ2v) is 8.78. The van der Waals surface area contributed by atoms with Crippen molar-refractivity contribution in [2.24, 2.45) is 0 Å². The van der Waals surface area contributed by atoms with Crippen LogP contribution in [0.1, 0.15) is 15.3 Å². The average molecular weight is 449 g/mol. The van der Waals surface area contributed by atoms with Gasteiger partial charge >= 0.3 is 0 Å². The smallest absolute Gasteiger partial charge is 0.261 e. The van der Waals surface area contributed by atoms with E-state index < -0.39 is 0 Å². The fourth-order valence-corrected chi connectivity index (χ4v) is 4.13. The molecule has 0 N–H and O–H groups in total. The molecule has 0 saturated carbocycles. The molecule has 2 aromatic carbocycles. The van der Waals surface area contributed by atoms with Gasteiger partial charge in [0.2, 0.25) is 5.91 Å². The Bertz CT molecular complexity index is 1020. The minimum absolute atomic E-state index is 0.0276. The zero-order valence-electron chi connectivity index (χ0n) is 18.3. The van der Waals surface area contributed by atoms with Crippen LogP contribution in [0, 0.1) is 6.92 Å². The van der Waals surface area contributed by atoms with Crippen LogP contribution in [0.25, 0.3) is 0 Å². The van der Waals surface area contributed by atoms with Crippen molar-refractivity contribution < 1.29 is 14.3 Å². The third-order valence-corrected chi connectivity index (χ3v) is 5.83. The van der Waals surface area contributed by atoms with E-state index in [1.807, 2.05) is 54.6 Å². The first-order chi connectivity index (χ1) is 15.5. The van der Waals surface area contributed by atoms with E-state index in [4.69, 9.17) is 4.74 Å². The molecule has 166 valence electrons. The van der Waals surface area contributed by atoms with Gasteiger partial charge in [0, 0.05) is 22.8 Å². The van der Waals surface area contributed by atoms with Crippen molar-refractivity contribution in [3.63, 3.8) is 0 Å². The lowest BCUT2D eigenvalue weighted by Gasteiger charge is -2.27. The maximum atomic E-state index is 13.3. The standard InChI is InChI=1S/C26H28N2O3S/c1-3-16-27(26(30)20-31-23-12-8-5-9-13-23)19-25(29)28(17-22-10-6-4-7-11-22)18-24-15-14-21(2)32-24/h3-15H,1,16-20H2,2H3. The number of benzene rings is 2. The highest BCUT2D eigenvalue weighted by atomic mass is 32.1. The topological polar surface area (TPSA) is 49.9 Å². The number of ether oxygens (including phenoxy) is 1. The highest BCUT2D eigenvalue weighted by Gasteiger charge is 2.22. The van der Waals surface area contributed by atoms with Gasteiger partial charge < -0.3 is 14.5 Å². The average Bonchev–Trinajstić information content (AvgIpc) is 3.22. The molecule has 0 atom stereocenters. The summed E-state index contributed by atoms with van der Waals surface area (Å²) in [6.07, 6.45) is 1.62. The molecule has 0 saturated heterocycles. The minimum atomic E-state index is -0.256. The van der Waals surface area contributed by atoms with Gasteiger partial charge in [-0.2, -0.15) is 0 Å². The fraction of sp³-hybridized carbons (Fsp3) is 0.231. The molecule has 0 spiro atoms. The molecule has 0 aliphatic heterocycles. The quantitative estimate of drug-likeness (QED) is 0.400. The molecule has 0 radical (unpaired) electrons. The number of carbonyl (C=O) groups excluding carboxylic acids is 2. The van der Waals surface area contributed by atoms with Crippen molar-refractivity contribution in [2.45, 2.75) is 20.0 Å². The van der Waals surface area contributed by atoms with Crippen molar-refractivity contribution in [3.05, 3.63) is 101 Å². The number of thiophene rings is 1. The number of rotatable bonds is 11. The van der Waals surface area contributed by atoms with Gasteiger partial charge in [-0.1, -0.05) is 54.6 Å². The summed E-state index contributed by atoms with van der Waals surface area (Å²) in [6, 6.07) is 23.1. The first-order valence-electron chi connectivity index (χ1n) is 10.5. The number of carbonyl (C=O) groups is 2. The van der Waals surface area contributed by atoms with Crippen LogP contribution in [0.2, 0.25) is 0 Å². The van der Waals surface area contributed by atoms with Gasteiger partial charge in [0.1, 0.15) is 12.3 Å². The highest BCUT2D eigenvalue weighted by Crippen LogP contribution is 2.19. The number of nitrogens with zero attached hydrogens (tertiary/aromatic N) is 2. The summed E-state index contributed by atoms with van der Waals surface area (Å²) in [5.41, 5.74) is 1.04. The molecule has 2 amide bonds. The largest absolute Gasteiger partial charge is 0.484 e. The Labute approximate surface area is 193 Å². The van der Waals surface area contributed by atoms with Gasteiger partial charge in [0.25, 0.3) is 5.91 Å². The summed E-state index contributed by atoms with van der Waals surface area (Å²) in [5.74, 6) is 0.244. The lowest BCUT2D eigenvalue weighted by atomic mass is 10.2. The van der Waals surface area contributed by atoms with Crippen LogP contribution in [0.15, 0.2) is 85.5 Å². The molecule has 1 heterocycles. The summed E-state index contributed by atoms with van der Waals surface area (Å²) in [5, 5.41) is 0. The van der Waals surface area contributed by atoms with E-state index in [-0.39, 0.29) is 31.5 Å². The first-order valence-corrected chi connectivity index (χ1v) is 11.3. The van der Waals surface area contributed by atoms with Gasteiger partial charge in [-0.05, 0) is 36.8 Å². The molecular formula is C26H28N2O3S. The molecule has 3 rings (SSSR count). The summed E-state index contributed by atoms with van der Waals surface area (Å²) in [4.78, 5) is 31.6. The van der Waals surface area contributed by atoms with Gasteiger partial charge in [0.05, 0.1) is 6.54 Å². The molecule has 1 aromatic heterocycles. The van der Waals surface area contributed by atoms with E-state index in [0.717, 1.165) is 10.4 Å². The van der Waals surface area contributed by atoms with Crippen LogP contribution in [0.3, 0.4) is 0 Å². The summed E-state index contributed by atoms with van der Waals surface area (Å²) in [7, 11) is 0. The molecule has 32 heavy (non-hydrogen) atoms. The van der Waals surface area contributed by atoms with Crippen molar-refractivity contribution in [1.82, 2.24) is 9.80 Å². The zero-order valence-corrected chi connectivity index (χ0v) is 19.1. The van der Waals surface area contributed by atoms with Crippen LogP contribution >= 0.6 is 11.3 Å². The van der Waals surface area contributed by atoms with E-state index in [9.17, 15) is 9.59 Å². The van der Waals surface area contributed by atoms with Crippen molar-refractivity contribution >= 4 is 23.2 Å². The van der Waals surface area contributed by atoms with Crippen LogP contribution in [-0.4, -0.2) is 41.3 Å². The normalized spacial score (nSPS) is 10.4. The van der Waals surface area contributed by atoms with Crippen molar-refractivity contribution in [2.75, 3.05) is 19.7 Å². The number of aryl methyl sites for hydroxylation is 1. The molecule has 0 unspecified atom stereocenters. The predicted octanol–water partition coefficient (Wildman–Crippen LogP) is 4.68. The second kappa shape index (κ2) is 11.9. The Morgan fingerprint density at radius 1 is 0.906 bits per heavy atom. The van der Waals surface area contributed by atoms with E-state index in [2.05, 4.69) is 19.6 Å². The molecule has 5 nitrogen and oxygen atoms in total. The van der Waals surface area contributed by atoms with Gasteiger partial charge in [-0.15, -0.1) is 17.9 Å². The SMILES string of the molecule is C=CCN(CC(=O)N(Cc1ccccc1)Cc1ccc(C)s1)C(=O)COc1ccccc1. The number of amides is 2. The molecule has 0 aliphatic carbocycles. The fourth-order valence-electron chi connectivity index (χ4n) is 3.22. The van der Waals surface area contributed by atoms with Crippen LogP contribution in [0.4, 0.5) is 0 Å². The van der Waals surface area contributed by atoms with Crippen molar-refractivity contribution in [3.8, 4) is 5.75 Å². The first kappa shape index (κ1) is 23.3. The van der Waals surface area contributed by atoms with Crippen LogP contribution in [-0.2, 0) is 22.7 Å². The second-order valence-electron chi connectivity index (χ2n) is 7.41. The zero-order chi connectivity index (χ0) is 22.8. The number of hydrogen-bond donors (Lipinski definition) is 0. The van der Waals surface area contributed by atoms with Gasteiger partial charge in [-0.3, -0.25) is 9.59 Å². The monoisotopic (exact) mass is 448 g/mol. The van der Waals surface area contributed by atoms with Crippen LogP contribution in [0.5, 0.6) is 5.75 Å². The maximum Gasteiger partial charge on any atom is 0.261 e. The Morgan fingerprint density at radius 3 is 2.22 bits per heavy atom. The van der Waals surface area contributed by atoms with E-state index in [1.165, 1.54) is 9.78 Å². The Kier molecular flexibility index (Phi) is 8.63. The number of para-hydroxylation sites is 1. The molecule has 0 aliphatic rings. The molecule has 0 bridgehead atoms. The summed E-state index contributed by atoms with van der Waals surface area (Å²) < 4.78 is 5.58. The van der Waals surface area contributed by atoms with E-state index >= 15 is 0 Å². The van der Waals surface area contributed by atoms with Gasteiger partial charge in [-0.25, -0.2) is 0 Å². The highest BCUT2D eigenvalue weighted by molar-refractivity contribution is 7.11. The summed E-state index contributed by atoms with van der Waals surface area (Å²) >= 11 is 1.67. The van der Waals surface area contributed by atoms with E-state index in [1.54, 1.807) is 34.4 Å². The summed E-state index contributed by atoms with van der Waals surface area (Å²) in [6.45, 7) is 6.89. The Morgan fingerprint density at radius 2 is 1.59 bits per heavy atom. The van der Waals surface area contributed by atoms with Crippen molar-refractivity contribution in [1.29, 1.82) is 0 Å². The molecule has 6 heteroatoms. The van der Waals surface area contributed by atoms with Gasteiger partial charge in [0.15, 0.2) is 6.61 Å². The molecular weight excluding hydrogens is 420 g/mol. The maximum absolute atomic E-state index is 13.3. The number of hydrogen-bond acceptors (Lipinski definition) is 4. The minimum Gasteiger partial charge on any atom is -0.484 e. The lowest BCUT2D eigenvalue weighted by molar-refractivity contribution is -0.141. The van der Waals surface area contributed by atoms with Crippen LogP contribution < -0.4 is 4.74 Å². The molecule has 3 aromatic rings. The van der Waals surface area contributed by atoms with E-state index in [0.29, 0.717) is 18.8 Å². The Balaban J connectivity index is 1.69. The lowest BCUT2D eigenvalue weighted by Crippen LogP contribution is -2.44. The molecule has 0 fully saturated rings. The Hall–Kier alpha value is -3.38.